The molecule has 41 heavy (non-hydrogen) atoms. The van der Waals surface area contributed by atoms with Crippen LogP contribution in [0.5, 0.6) is 5.75 Å². The van der Waals surface area contributed by atoms with Crippen molar-refractivity contribution in [2.45, 2.75) is 51.6 Å². The summed E-state index contributed by atoms with van der Waals surface area (Å²) in [5.41, 5.74) is 5.51. The molecule has 7 heteroatoms. The number of ether oxygens (including phenoxy) is 1. The zero-order valence-electron chi connectivity index (χ0n) is 23.5. The molecule has 1 N–H and O–H groups in total. The molecule has 0 spiro atoms. The van der Waals surface area contributed by atoms with Crippen molar-refractivity contribution < 1.29 is 4.74 Å². The Morgan fingerprint density at radius 1 is 0.780 bits per heavy atom. The average Bonchev–Trinajstić information content (AvgIpc) is 3.05. The fourth-order valence-electron chi connectivity index (χ4n) is 8.26. The topological polar surface area (TPSA) is 77.6 Å². The summed E-state index contributed by atoms with van der Waals surface area (Å²) in [4.78, 5) is 28.7. The zero-order valence-corrected chi connectivity index (χ0v) is 23.5. The van der Waals surface area contributed by atoms with Crippen molar-refractivity contribution in [1.82, 2.24) is 9.13 Å². The number of fused-ring (bicyclic) bond motifs is 1. The lowest BCUT2D eigenvalue weighted by atomic mass is 9.49. The van der Waals surface area contributed by atoms with Gasteiger partial charge in [0.25, 0.3) is 11.1 Å². The molecule has 4 aromatic rings. The highest BCUT2D eigenvalue weighted by atomic mass is 16.5. The van der Waals surface area contributed by atoms with Crippen LogP contribution in [0.2, 0.25) is 0 Å². The molecule has 3 aromatic carbocycles. The van der Waals surface area contributed by atoms with Gasteiger partial charge in [-0.3, -0.25) is 15.0 Å². The third-order valence-electron chi connectivity index (χ3n) is 9.59. The van der Waals surface area contributed by atoms with Gasteiger partial charge in [-0.05, 0) is 104 Å². The number of benzene rings is 3. The predicted molar refractivity (Wildman–Crippen MR) is 161 cm³/mol. The van der Waals surface area contributed by atoms with Gasteiger partial charge in [0.1, 0.15) is 5.75 Å². The van der Waals surface area contributed by atoms with Crippen LogP contribution < -0.4 is 26.6 Å². The maximum atomic E-state index is 14.4. The summed E-state index contributed by atoms with van der Waals surface area (Å²) < 4.78 is 8.90. The van der Waals surface area contributed by atoms with Crippen LogP contribution in [0.15, 0.2) is 93.6 Å². The molecule has 0 aliphatic heterocycles. The van der Waals surface area contributed by atoms with Gasteiger partial charge < -0.3 is 13.9 Å². The van der Waals surface area contributed by atoms with E-state index < -0.39 is 5.56 Å². The number of para-hydroxylation sites is 3. The maximum Gasteiger partial charge on any atom is 0.284 e. The number of hydrogen-bond acceptors (Lipinski definition) is 5. The van der Waals surface area contributed by atoms with Crippen molar-refractivity contribution >= 4 is 16.7 Å². The molecule has 4 aliphatic carbocycles. The SMILES string of the molecule is COc1ccc(Cn2c(=O)c(=NNc3ccccc3)c(=O)n(CC34CC5CC(CC(C5)C3)C4)c3ccccc32)cc1. The normalized spacial score (nSPS) is 25.0. The number of nitrogens with zero attached hydrogens (tertiary/aromatic N) is 3. The molecule has 4 aliphatic rings. The van der Waals surface area contributed by atoms with Gasteiger partial charge >= 0.3 is 0 Å². The highest BCUT2D eigenvalue weighted by Crippen LogP contribution is 2.60. The van der Waals surface area contributed by atoms with E-state index in [4.69, 9.17) is 4.74 Å². The number of aromatic nitrogens is 2. The van der Waals surface area contributed by atoms with Gasteiger partial charge in [0, 0.05) is 6.54 Å². The molecule has 0 unspecified atom stereocenters. The Labute approximate surface area is 239 Å². The van der Waals surface area contributed by atoms with E-state index in [2.05, 4.69) is 10.5 Å². The minimum atomic E-state index is -0.408. The van der Waals surface area contributed by atoms with E-state index in [0.29, 0.717) is 13.1 Å². The van der Waals surface area contributed by atoms with Crippen LogP contribution in [-0.2, 0) is 13.1 Å². The number of hydrogen-bond donors (Lipinski definition) is 1. The molecule has 4 fully saturated rings. The summed E-state index contributed by atoms with van der Waals surface area (Å²) >= 11 is 0. The van der Waals surface area contributed by atoms with Crippen molar-refractivity contribution in [2.75, 3.05) is 12.5 Å². The quantitative estimate of drug-likeness (QED) is 0.315. The Kier molecular flexibility index (Phi) is 6.53. The molecule has 0 saturated heterocycles. The third kappa shape index (κ3) is 4.88. The van der Waals surface area contributed by atoms with Crippen molar-refractivity contribution in [2.24, 2.45) is 28.3 Å². The van der Waals surface area contributed by atoms with Gasteiger partial charge in [-0.1, -0.05) is 42.5 Å². The second kappa shape index (κ2) is 10.4. The Morgan fingerprint density at radius 2 is 1.34 bits per heavy atom. The van der Waals surface area contributed by atoms with Crippen LogP contribution in [0, 0.1) is 23.2 Å². The van der Waals surface area contributed by atoms with E-state index >= 15 is 0 Å². The average molecular weight is 549 g/mol. The van der Waals surface area contributed by atoms with Gasteiger partial charge in [0.15, 0.2) is 0 Å². The summed E-state index contributed by atoms with van der Waals surface area (Å²) in [5.74, 6) is 3.04. The molecule has 7 nitrogen and oxygen atoms in total. The Bertz CT molecular complexity index is 1740. The Balaban J connectivity index is 1.43. The first-order valence-electron chi connectivity index (χ1n) is 14.7. The van der Waals surface area contributed by atoms with Crippen molar-refractivity contribution in [3.8, 4) is 5.75 Å². The van der Waals surface area contributed by atoms with Crippen LogP contribution in [0.1, 0.15) is 44.1 Å². The number of anilines is 1. The minimum absolute atomic E-state index is 0.0942. The summed E-state index contributed by atoms with van der Waals surface area (Å²) in [5, 5.41) is 4.39. The van der Waals surface area contributed by atoms with Crippen LogP contribution in [0.4, 0.5) is 5.69 Å². The van der Waals surface area contributed by atoms with E-state index in [1.807, 2.05) is 83.4 Å². The fraction of sp³-hybridized carbons (Fsp3) is 0.382. The fourth-order valence-corrected chi connectivity index (χ4v) is 8.26. The molecule has 0 radical (unpaired) electrons. The Hall–Kier alpha value is -4.13. The second-order valence-electron chi connectivity index (χ2n) is 12.5. The van der Waals surface area contributed by atoms with Crippen LogP contribution in [0.3, 0.4) is 0 Å². The lowest BCUT2D eigenvalue weighted by molar-refractivity contribution is -0.0617. The van der Waals surface area contributed by atoms with Crippen molar-refractivity contribution in [1.29, 1.82) is 0 Å². The predicted octanol–water partition coefficient (Wildman–Crippen LogP) is 5.36. The highest BCUT2D eigenvalue weighted by molar-refractivity contribution is 5.75. The number of methoxy groups -OCH3 is 1. The monoisotopic (exact) mass is 548 g/mol. The Morgan fingerprint density at radius 3 is 1.95 bits per heavy atom. The molecule has 0 amide bonds. The third-order valence-corrected chi connectivity index (χ3v) is 9.59. The number of rotatable bonds is 7. The summed E-state index contributed by atoms with van der Waals surface area (Å²) in [6, 6.07) is 24.9. The molecule has 0 atom stereocenters. The highest BCUT2D eigenvalue weighted by Gasteiger charge is 2.51. The first kappa shape index (κ1) is 25.8. The molecule has 210 valence electrons. The van der Waals surface area contributed by atoms with Crippen molar-refractivity contribution in [3.63, 3.8) is 0 Å². The first-order chi connectivity index (χ1) is 20.0. The van der Waals surface area contributed by atoms with Gasteiger partial charge in [-0.2, -0.15) is 5.10 Å². The van der Waals surface area contributed by atoms with Crippen molar-refractivity contribution in [3.05, 3.63) is 110 Å². The maximum absolute atomic E-state index is 14.4. The van der Waals surface area contributed by atoms with E-state index in [-0.39, 0.29) is 16.3 Å². The minimum Gasteiger partial charge on any atom is -0.497 e. The molecular formula is C34H36N4O3. The number of nitrogens with one attached hydrogen (secondary N) is 1. The first-order valence-corrected chi connectivity index (χ1v) is 14.7. The summed E-state index contributed by atoms with van der Waals surface area (Å²) in [6.07, 6.45) is 7.53. The van der Waals surface area contributed by atoms with E-state index in [0.717, 1.165) is 45.8 Å². The van der Waals surface area contributed by atoms with Gasteiger partial charge in [-0.25, -0.2) is 0 Å². The molecule has 8 rings (SSSR count). The van der Waals surface area contributed by atoms with E-state index in [1.54, 1.807) is 11.7 Å². The largest absolute Gasteiger partial charge is 0.497 e. The summed E-state index contributed by atoms with van der Waals surface area (Å²) in [6.45, 7) is 0.934. The van der Waals surface area contributed by atoms with Gasteiger partial charge in [0.05, 0.1) is 30.4 Å². The van der Waals surface area contributed by atoms with Crippen LogP contribution in [0.25, 0.3) is 11.0 Å². The summed E-state index contributed by atoms with van der Waals surface area (Å²) in [7, 11) is 1.63. The molecule has 1 heterocycles. The van der Waals surface area contributed by atoms with Crippen LogP contribution >= 0.6 is 0 Å². The van der Waals surface area contributed by atoms with Gasteiger partial charge in [-0.15, -0.1) is 0 Å². The van der Waals surface area contributed by atoms with E-state index in [1.165, 1.54) is 38.5 Å². The lowest BCUT2D eigenvalue weighted by Gasteiger charge is -2.57. The smallest absolute Gasteiger partial charge is 0.284 e. The molecule has 4 saturated carbocycles. The molecule has 1 aromatic heterocycles. The lowest BCUT2D eigenvalue weighted by Crippen LogP contribution is -2.51. The van der Waals surface area contributed by atoms with Crippen LogP contribution in [-0.4, -0.2) is 16.2 Å². The zero-order chi connectivity index (χ0) is 28.0. The molecular weight excluding hydrogens is 512 g/mol. The van der Waals surface area contributed by atoms with E-state index in [9.17, 15) is 9.59 Å². The standard InChI is InChI=1S/C34H36N4O3/c1-41-28-13-11-23(12-14-28)21-37-29-9-5-6-10-30(29)38(22-34-18-24-15-25(19-34)17-26(16-24)20-34)33(40)31(32(37)39)36-35-27-7-3-2-4-8-27/h2-14,24-26,35H,15-22H2,1H3. The molecule has 4 bridgehead atoms. The van der Waals surface area contributed by atoms with Gasteiger partial charge in [0.2, 0.25) is 5.36 Å². The second-order valence-corrected chi connectivity index (χ2v) is 12.5.